The van der Waals surface area contributed by atoms with Crippen LogP contribution in [0.25, 0.3) is 0 Å². The molecular formula is C22H19N3O2S. The lowest BCUT2D eigenvalue weighted by Crippen LogP contribution is -2.25. The predicted molar refractivity (Wildman–Crippen MR) is 110 cm³/mol. The van der Waals surface area contributed by atoms with Gasteiger partial charge in [0.05, 0.1) is 5.56 Å². The van der Waals surface area contributed by atoms with E-state index in [1.165, 1.54) is 11.8 Å². The molecule has 2 N–H and O–H groups in total. The Morgan fingerprint density at radius 2 is 1.64 bits per heavy atom. The third-order valence-corrected chi connectivity index (χ3v) is 5.32. The van der Waals surface area contributed by atoms with Crippen LogP contribution in [0.15, 0.2) is 82.8 Å². The summed E-state index contributed by atoms with van der Waals surface area (Å²) < 4.78 is 0. The number of nitrogens with one attached hydrogen (secondary N) is 2. The molecule has 1 aromatic heterocycles. The molecule has 6 heteroatoms. The molecule has 1 heterocycles. The van der Waals surface area contributed by atoms with Gasteiger partial charge in [-0.15, -0.1) is 0 Å². The van der Waals surface area contributed by atoms with Gasteiger partial charge in [-0.1, -0.05) is 30.0 Å². The van der Waals surface area contributed by atoms with Crippen LogP contribution in [0, 0.1) is 0 Å². The number of hydrogen-bond acceptors (Lipinski definition) is 4. The number of anilines is 1. The SMILES string of the molecule is O=C(NC1CC1)c1ccc(NC(=O)c2cccnc2Sc2ccccc2)cc1. The van der Waals surface area contributed by atoms with E-state index in [1.807, 2.05) is 30.3 Å². The number of pyridine rings is 1. The van der Waals surface area contributed by atoms with Gasteiger partial charge in [-0.2, -0.15) is 0 Å². The van der Waals surface area contributed by atoms with E-state index in [9.17, 15) is 9.59 Å². The first-order chi connectivity index (χ1) is 13.7. The lowest BCUT2D eigenvalue weighted by atomic mass is 10.2. The van der Waals surface area contributed by atoms with Gasteiger partial charge >= 0.3 is 0 Å². The van der Waals surface area contributed by atoms with Crippen molar-refractivity contribution in [3.05, 3.63) is 84.1 Å². The third kappa shape index (κ3) is 4.58. The first-order valence-electron chi connectivity index (χ1n) is 9.09. The Bertz CT molecular complexity index is 986. The van der Waals surface area contributed by atoms with Crippen molar-refractivity contribution in [2.45, 2.75) is 28.8 Å². The van der Waals surface area contributed by atoms with Crippen molar-refractivity contribution in [2.24, 2.45) is 0 Å². The molecule has 1 fully saturated rings. The summed E-state index contributed by atoms with van der Waals surface area (Å²) in [5.41, 5.74) is 1.73. The molecule has 4 rings (SSSR count). The second-order valence-corrected chi connectivity index (χ2v) is 7.61. The van der Waals surface area contributed by atoms with Crippen LogP contribution in [-0.2, 0) is 0 Å². The lowest BCUT2D eigenvalue weighted by Gasteiger charge is -2.10. The number of benzene rings is 2. The summed E-state index contributed by atoms with van der Waals surface area (Å²) >= 11 is 1.45. The van der Waals surface area contributed by atoms with Gasteiger partial charge in [0.2, 0.25) is 0 Å². The number of hydrogen-bond donors (Lipinski definition) is 2. The van der Waals surface area contributed by atoms with Crippen molar-refractivity contribution < 1.29 is 9.59 Å². The number of rotatable bonds is 6. The minimum absolute atomic E-state index is 0.0748. The molecule has 0 bridgehead atoms. The van der Waals surface area contributed by atoms with Gasteiger partial charge in [0.1, 0.15) is 5.03 Å². The monoisotopic (exact) mass is 389 g/mol. The molecule has 140 valence electrons. The van der Waals surface area contributed by atoms with Crippen molar-refractivity contribution in [3.8, 4) is 0 Å². The van der Waals surface area contributed by atoms with Crippen LogP contribution in [0.2, 0.25) is 0 Å². The van der Waals surface area contributed by atoms with Crippen molar-refractivity contribution in [1.29, 1.82) is 0 Å². The summed E-state index contributed by atoms with van der Waals surface area (Å²) in [5.74, 6) is -0.309. The van der Waals surface area contributed by atoms with Crippen LogP contribution in [0.1, 0.15) is 33.6 Å². The van der Waals surface area contributed by atoms with E-state index in [1.54, 1.807) is 42.6 Å². The summed E-state index contributed by atoms with van der Waals surface area (Å²) in [6, 6.07) is 20.5. The molecule has 28 heavy (non-hydrogen) atoms. The van der Waals surface area contributed by atoms with Gasteiger partial charge in [0.15, 0.2) is 0 Å². The normalized spacial score (nSPS) is 13.0. The number of aromatic nitrogens is 1. The van der Waals surface area contributed by atoms with Crippen LogP contribution >= 0.6 is 11.8 Å². The molecular weight excluding hydrogens is 370 g/mol. The highest BCUT2D eigenvalue weighted by atomic mass is 32.2. The Hall–Kier alpha value is -3.12. The Morgan fingerprint density at radius 3 is 2.36 bits per heavy atom. The lowest BCUT2D eigenvalue weighted by molar-refractivity contribution is 0.0950. The second-order valence-electron chi connectivity index (χ2n) is 6.55. The van der Waals surface area contributed by atoms with Crippen molar-refractivity contribution in [2.75, 3.05) is 5.32 Å². The Kier molecular flexibility index (Phi) is 5.39. The maximum Gasteiger partial charge on any atom is 0.258 e. The molecule has 5 nitrogen and oxygen atoms in total. The largest absolute Gasteiger partial charge is 0.349 e. The minimum atomic E-state index is -0.235. The van der Waals surface area contributed by atoms with Crippen LogP contribution in [0.4, 0.5) is 5.69 Å². The second kappa shape index (κ2) is 8.27. The van der Waals surface area contributed by atoms with Crippen molar-refractivity contribution in [1.82, 2.24) is 10.3 Å². The Balaban J connectivity index is 1.45. The highest BCUT2D eigenvalue weighted by Gasteiger charge is 2.23. The predicted octanol–water partition coefficient (Wildman–Crippen LogP) is 4.38. The topological polar surface area (TPSA) is 71.1 Å². The highest BCUT2D eigenvalue weighted by molar-refractivity contribution is 7.99. The minimum Gasteiger partial charge on any atom is -0.349 e. The molecule has 0 spiro atoms. The van der Waals surface area contributed by atoms with Crippen LogP contribution in [0.3, 0.4) is 0 Å². The summed E-state index contributed by atoms with van der Waals surface area (Å²) in [5, 5.41) is 6.47. The van der Waals surface area contributed by atoms with Gasteiger partial charge in [-0.25, -0.2) is 4.98 Å². The van der Waals surface area contributed by atoms with Gasteiger partial charge in [-0.05, 0) is 61.4 Å². The molecule has 0 unspecified atom stereocenters. The molecule has 2 amide bonds. The number of nitrogens with zero attached hydrogens (tertiary/aromatic N) is 1. The van der Waals surface area contributed by atoms with Gasteiger partial charge < -0.3 is 10.6 Å². The first kappa shape index (κ1) is 18.3. The molecule has 0 radical (unpaired) electrons. The fraction of sp³-hybridized carbons (Fsp3) is 0.136. The van der Waals surface area contributed by atoms with Crippen LogP contribution < -0.4 is 10.6 Å². The van der Waals surface area contributed by atoms with Crippen LogP contribution in [0.5, 0.6) is 0 Å². The van der Waals surface area contributed by atoms with E-state index >= 15 is 0 Å². The molecule has 0 atom stereocenters. The van der Waals surface area contributed by atoms with E-state index in [-0.39, 0.29) is 11.8 Å². The van der Waals surface area contributed by atoms with Crippen LogP contribution in [-0.4, -0.2) is 22.8 Å². The number of carbonyl (C=O) groups is 2. The number of amides is 2. The molecule has 2 aromatic carbocycles. The Labute approximate surface area is 167 Å². The highest BCUT2D eigenvalue weighted by Crippen LogP contribution is 2.28. The fourth-order valence-corrected chi connectivity index (χ4v) is 3.55. The molecule has 1 aliphatic carbocycles. The summed E-state index contributed by atoms with van der Waals surface area (Å²) in [4.78, 5) is 30.2. The van der Waals surface area contributed by atoms with E-state index in [4.69, 9.17) is 0 Å². The smallest absolute Gasteiger partial charge is 0.258 e. The molecule has 1 aliphatic rings. The van der Waals surface area contributed by atoms with Crippen molar-refractivity contribution in [3.63, 3.8) is 0 Å². The quantitative estimate of drug-likeness (QED) is 0.656. The molecule has 0 aliphatic heterocycles. The number of carbonyl (C=O) groups excluding carboxylic acids is 2. The summed E-state index contributed by atoms with van der Waals surface area (Å²) in [6.45, 7) is 0. The Morgan fingerprint density at radius 1 is 0.893 bits per heavy atom. The molecule has 3 aromatic rings. The zero-order chi connectivity index (χ0) is 19.3. The maximum atomic E-state index is 12.8. The van der Waals surface area contributed by atoms with Gasteiger partial charge in [0, 0.05) is 28.4 Å². The standard InChI is InChI=1S/C22H19N3O2S/c26-20(24-17-12-13-17)15-8-10-16(11-9-15)25-21(27)19-7-4-14-23-22(19)28-18-5-2-1-3-6-18/h1-11,14,17H,12-13H2,(H,24,26)(H,25,27). The maximum absolute atomic E-state index is 12.8. The fourth-order valence-electron chi connectivity index (χ4n) is 2.64. The zero-order valence-electron chi connectivity index (χ0n) is 15.1. The summed E-state index contributed by atoms with van der Waals surface area (Å²) in [7, 11) is 0. The average Bonchev–Trinajstić information content (AvgIpc) is 3.53. The van der Waals surface area contributed by atoms with E-state index in [2.05, 4.69) is 15.6 Å². The third-order valence-electron chi connectivity index (χ3n) is 4.29. The van der Waals surface area contributed by atoms with Crippen molar-refractivity contribution >= 4 is 29.3 Å². The van der Waals surface area contributed by atoms with E-state index in [0.717, 1.165) is 17.7 Å². The molecule has 1 saturated carbocycles. The van der Waals surface area contributed by atoms with E-state index in [0.29, 0.717) is 27.9 Å². The zero-order valence-corrected chi connectivity index (χ0v) is 15.9. The average molecular weight is 389 g/mol. The van der Waals surface area contributed by atoms with Gasteiger partial charge in [-0.3, -0.25) is 9.59 Å². The van der Waals surface area contributed by atoms with E-state index < -0.39 is 0 Å². The molecule has 0 saturated heterocycles. The summed E-state index contributed by atoms with van der Waals surface area (Å²) in [6.07, 6.45) is 3.78. The first-order valence-corrected chi connectivity index (χ1v) is 9.91. The van der Waals surface area contributed by atoms with Gasteiger partial charge in [0.25, 0.3) is 11.8 Å².